The predicted octanol–water partition coefficient (Wildman–Crippen LogP) is 9.98. The molecule has 3 aliphatic rings. The number of piperidine rings is 3. The minimum Gasteiger partial charge on any atom is -0.756 e. The van der Waals surface area contributed by atoms with Gasteiger partial charge in [0.05, 0.1) is 46.0 Å². The number of fused-ring (bicyclic) bond motifs is 3. The highest BCUT2D eigenvalue weighted by Crippen LogP contribution is 2.39. The molecule has 0 aromatic carbocycles. The monoisotopic (exact) mass is 630 g/mol. The number of unbranched alkanes of at least 4 members (excludes halogenated alkanes) is 17. The van der Waals surface area contributed by atoms with E-state index in [1.807, 2.05) is 0 Å². The average molecular weight is 630 g/mol. The van der Waals surface area contributed by atoms with Crippen molar-refractivity contribution in [3.8, 4) is 0 Å². The largest absolute Gasteiger partial charge is 0.756 e. The van der Waals surface area contributed by atoms with Crippen LogP contribution in [0.5, 0.6) is 0 Å². The Hall–Kier alpha value is 0.0300. The zero-order valence-electron chi connectivity index (χ0n) is 28.7. The summed E-state index contributed by atoms with van der Waals surface area (Å²) < 4.78 is 30.0. The summed E-state index contributed by atoms with van der Waals surface area (Å²) in [6.45, 7) is 11.7. The van der Waals surface area contributed by atoms with Gasteiger partial charge in [0.2, 0.25) is 0 Å². The Bertz CT molecular complexity index is 671. The highest BCUT2D eigenvalue weighted by molar-refractivity contribution is 7.45. The van der Waals surface area contributed by atoms with Crippen LogP contribution in [0.1, 0.15) is 168 Å². The standard InChI is InChI=1S/C36H72NO5P/c1-3-5-6-7-8-9-10-11-12-13-14-15-18-21-31-40-33-36(23-4-2)34-42-43(38,39)41-32-22-19-16-17-20-27-37-28-24-35(25-29-37)26-30-37/h35-36H,3-34H2,1-2H3. The van der Waals surface area contributed by atoms with Gasteiger partial charge in [-0.1, -0.05) is 117 Å². The quantitative estimate of drug-likeness (QED) is 0.0434. The van der Waals surface area contributed by atoms with Crippen LogP contribution in [0.15, 0.2) is 0 Å². The molecular formula is C36H72NO5P. The fourth-order valence-corrected chi connectivity index (χ4v) is 8.06. The Labute approximate surface area is 267 Å². The van der Waals surface area contributed by atoms with E-state index in [4.69, 9.17) is 13.8 Å². The van der Waals surface area contributed by atoms with Gasteiger partial charge in [-0.15, -0.1) is 0 Å². The Morgan fingerprint density at radius 2 is 1.12 bits per heavy atom. The molecule has 3 aliphatic heterocycles. The van der Waals surface area contributed by atoms with Gasteiger partial charge in [-0.05, 0) is 57.3 Å². The summed E-state index contributed by atoms with van der Waals surface area (Å²) >= 11 is 0. The van der Waals surface area contributed by atoms with Crippen LogP contribution in [0.2, 0.25) is 0 Å². The lowest BCUT2D eigenvalue weighted by molar-refractivity contribution is -0.942. The van der Waals surface area contributed by atoms with E-state index in [1.54, 1.807) is 0 Å². The maximum atomic E-state index is 12.3. The van der Waals surface area contributed by atoms with Gasteiger partial charge in [0.25, 0.3) is 7.82 Å². The van der Waals surface area contributed by atoms with Crippen molar-refractivity contribution in [1.29, 1.82) is 0 Å². The molecule has 2 unspecified atom stereocenters. The fraction of sp³-hybridized carbons (Fsp3) is 1.00. The second kappa shape index (κ2) is 25.2. The van der Waals surface area contributed by atoms with Gasteiger partial charge in [0.1, 0.15) is 0 Å². The van der Waals surface area contributed by atoms with Crippen LogP contribution in [0.25, 0.3) is 0 Å². The van der Waals surface area contributed by atoms with E-state index in [0.717, 1.165) is 51.0 Å². The van der Waals surface area contributed by atoms with Crippen molar-refractivity contribution in [1.82, 2.24) is 0 Å². The molecule has 7 heteroatoms. The van der Waals surface area contributed by atoms with Gasteiger partial charge in [-0.3, -0.25) is 4.57 Å². The van der Waals surface area contributed by atoms with Gasteiger partial charge in [-0.2, -0.15) is 0 Å². The Balaban J connectivity index is 1.37. The highest BCUT2D eigenvalue weighted by Gasteiger charge is 2.38. The molecule has 0 aromatic rings. The third-order valence-corrected chi connectivity index (χ3v) is 11.2. The molecule has 43 heavy (non-hydrogen) atoms. The molecule has 0 N–H and O–H groups in total. The van der Waals surface area contributed by atoms with Crippen molar-refractivity contribution >= 4 is 7.82 Å². The normalized spacial score (nSPS) is 22.2. The van der Waals surface area contributed by atoms with Crippen molar-refractivity contribution in [3.63, 3.8) is 0 Å². The minimum atomic E-state index is -4.24. The van der Waals surface area contributed by atoms with Gasteiger partial charge in [-0.25, -0.2) is 0 Å². The molecular weight excluding hydrogens is 557 g/mol. The number of quaternary nitrogens is 1. The zero-order valence-corrected chi connectivity index (χ0v) is 29.6. The highest BCUT2D eigenvalue weighted by atomic mass is 31.2. The van der Waals surface area contributed by atoms with E-state index in [9.17, 15) is 9.46 Å². The Kier molecular flexibility index (Phi) is 22.9. The molecule has 0 radical (unpaired) electrons. The van der Waals surface area contributed by atoms with Crippen LogP contribution >= 0.6 is 7.82 Å². The number of hydrogen-bond donors (Lipinski definition) is 0. The predicted molar refractivity (Wildman–Crippen MR) is 179 cm³/mol. The maximum Gasteiger partial charge on any atom is 0.267 e. The van der Waals surface area contributed by atoms with Crippen LogP contribution in [0.4, 0.5) is 0 Å². The molecule has 3 heterocycles. The topological polar surface area (TPSA) is 67.8 Å². The molecule has 6 nitrogen and oxygen atoms in total. The third-order valence-electron chi connectivity index (χ3n) is 10.2. The number of phosphoric acid groups is 1. The summed E-state index contributed by atoms with van der Waals surface area (Å²) in [5.41, 5.74) is 0. The first-order valence-corrected chi connectivity index (χ1v) is 20.5. The third kappa shape index (κ3) is 20.0. The van der Waals surface area contributed by atoms with Crippen molar-refractivity contribution in [3.05, 3.63) is 0 Å². The molecule has 0 spiro atoms. The smallest absolute Gasteiger partial charge is 0.267 e. The van der Waals surface area contributed by atoms with E-state index in [2.05, 4.69) is 13.8 Å². The number of nitrogens with zero attached hydrogens (tertiary/aromatic N) is 1. The average Bonchev–Trinajstić information content (AvgIpc) is 3.01. The van der Waals surface area contributed by atoms with Gasteiger partial charge >= 0.3 is 0 Å². The lowest BCUT2D eigenvalue weighted by atomic mass is 9.85. The maximum absolute atomic E-state index is 12.3. The molecule has 3 saturated heterocycles. The van der Waals surface area contributed by atoms with Crippen LogP contribution in [0.3, 0.4) is 0 Å². The number of ether oxygens (including phenoxy) is 1. The summed E-state index contributed by atoms with van der Waals surface area (Å²) in [6, 6.07) is 0. The van der Waals surface area contributed by atoms with E-state index in [0.29, 0.717) is 6.61 Å². The van der Waals surface area contributed by atoms with Gasteiger partial charge in [0.15, 0.2) is 0 Å². The Morgan fingerprint density at radius 3 is 1.65 bits per heavy atom. The van der Waals surface area contributed by atoms with Crippen LogP contribution < -0.4 is 4.89 Å². The first-order chi connectivity index (χ1) is 21.0. The van der Waals surface area contributed by atoms with Gasteiger partial charge in [0, 0.05) is 12.5 Å². The number of phosphoric ester groups is 1. The molecule has 0 aromatic heterocycles. The van der Waals surface area contributed by atoms with Crippen molar-refractivity contribution in [2.75, 3.05) is 52.6 Å². The second-order valence-corrected chi connectivity index (χ2v) is 15.5. The van der Waals surface area contributed by atoms with E-state index >= 15 is 0 Å². The molecule has 0 amide bonds. The van der Waals surface area contributed by atoms with Crippen molar-refractivity contribution in [2.45, 2.75) is 168 Å². The molecule has 3 rings (SSSR count). The zero-order chi connectivity index (χ0) is 30.9. The van der Waals surface area contributed by atoms with Crippen molar-refractivity contribution in [2.24, 2.45) is 11.8 Å². The van der Waals surface area contributed by atoms with Crippen LogP contribution in [-0.4, -0.2) is 57.1 Å². The summed E-state index contributed by atoms with van der Waals surface area (Å²) in [5, 5.41) is 0. The second-order valence-electron chi connectivity index (χ2n) is 14.1. The van der Waals surface area contributed by atoms with E-state index in [-0.39, 0.29) is 19.1 Å². The molecule has 2 atom stereocenters. The van der Waals surface area contributed by atoms with E-state index in [1.165, 1.54) is 146 Å². The molecule has 0 saturated carbocycles. The number of rotatable bonds is 31. The lowest BCUT2D eigenvalue weighted by Gasteiger charge is -2.49. The van der Waals surface area contributed by atoms with E-state index < -0.39 is 7.82 Å². The van der Waals surface area contributed by atoms with Gasteiger partial charge < -0.3 is 23.2 Å². The summed E-state index contributed by atoms with van der Waals surface area (Å²) in [7, 11) is -4.24. The molecule has 3 fully saturated rings. The fourth-order valence-electron chi connectivity index (χ4n) is 7.23. The number of hydrogen-bond acceptors (Lipinski definition) is 5. The molecule has 2 bridgehead atoms. The first kappa shape index (κ1) is 39.2. The SMILES string of the molecule is CCCCCCCCCCCCCCCCOCC(CCC)COP(=O)([O-])OCCCCCCC[N+]12CCC(CC1)CC2. The minimum absolute atomic E-state index is 0.0969. The van der Waals surface area contributed by atoms with Crippen LogP contribution in [0, 0.1) is 11.8 Å². The first-order valence-electron chi connectivity index (χ1n) is 19.0. The van der Waals surface area contributed by atoms with Crippen molar-refractivity contribution < 1.29 is 27.7 Å². The summed E-state index contributed by atoms with van der Waals surface area (Å²) in [4.78, 5) is 12.3. The summed E-state index contributed by atoms with van der Waals surface area (Å²) in [6.07, 6.45) is 30.7. The lowest BCUT2D eigenvalue weighted by Crippen LogP contribution is -2.58. The summed E-state index contributed by atoms with van der Waals surface area (Å²) in [5.74, 6) is 1.12. The molecule has 0 aliphatic carbocycles. The van der Waals surface area contributed by atoms with Crippen LogP contribution in [-0.2, 0) is 18.3 Å². The Morgan fingerprint density at radius 1 is 0.628 bits per heavy atom. The molecule has 256 valence electrons.